The van der Waals surface area contributed by atoms with Gasteiger partial charge in [0.05, 0.1) is 0 Å². The maximum absolute atomic E-state index is 2.32. The SMILES string of the molecule is CN(c1ccccc1-c1ccccc1)c1ccccc1-c1cccc2c1sc1ccccc12. The summed E-state index contributed by atoms with van der Waals surface area (Å²) in [6, 6.07) is 43.4. The Morgan fingerprint density at radius 2 is 1.06 bits per heavy atom. The van der Waals surface area contributed by atoms with Gasteiger partial charge in [0.1, 0.15) is 0 Å². The molecule has 0 spiro atoms. The lowest BCUT2D eigenvalue weighted by Gasteiger charge is -2.25. The molecule has 1 aromatic heterocycles. The van der Waals surface area contributed by atoms with E-state index >= 15 is 0 Å². The molecule has 0 saturated heterocycles. The Labute approximate surface area is 198 Å². The maximum Gasteiger partial charge on any atom is 0.0488 e. The third kappa shape index (κ3) is 3.40. The molecule has 0 aliphatic heterocycles. The Kier molecular flexibility index (Phi) is 4.93. The lowest BCUT2D eigenvalue weighted by molar-refractivity contribution is 1.21. The Hall–Kier alpha value is -3.88. The van der Waals surface area contributed by atoms with E-state index in [4.69, 9.17) is 0 Å². The molecule has 158 valence electrons. The number of hydrogen-bond acceptors (Lipinski definition) is 2. The highest BCUT2D eigenvalue weighted by Crippen LogP contribution is 2.44. The highest BCUT2D eigenvalue weighted by molar-refractivity contribution is 7.26. The van der Waals surface area contributed by atoms with Crippen LogP contribution < -0.4 is 4.90 Å². The number of nitrogens with zero attached hydrogens (tertiary/aromatic N) is 1. The van der Waals surface area contributed by atoms with Crippen molar-refractivity contribution in [1.29, 1.82) is 0 Å². The Morgan fingerprint density at radius 1 is 0.485 bits per heavy atom. The van der Waals surface area contributed by atoms with E-state index in [1.165, 1.54) is 53.8 Å². The number of hydrogen-bond donors (Lipinski definition) is 0. The summed E-state index contributed by atoms with van der Waals surface area (Å²) in [6.07, 6.45) is 0. The number of fused-ring (bicyclic) bond motifs is 3. The predicted octanol–water partition coefficient (Wildman–Crippen LogP) is 9.16. The van der Waals surface area contributed by atoms with E-state index < -0.39 is 0 Å². The molecule has 6 rings (SSSR count). The van der Waals surface area contributed by atoms with E-state index in [9.17, 15) is 0 Å². The minimum atomic E-state index is 1.19. The van der Waals surface area contributed by atoms with Crippen molar-refractivity contribution in [1.82, 2.24) is 0 Å². The van der Waals surface area contributed by atoms with Crippen molar-refractivity contribution in [2.24, 2.45) is 0 Å². The topological polar surface area (TPSA) is 3.24 Å². The molecule has 0 amide bonds. The van der Waals surface area contributed by atoms with Crippen LogP contribution >= 0.6 is 11.3 Å². The summed E-state index contributed by atoms with van der Waals surface area (Å²) in [5, 5.41) is 2.66. The van der Waals surface area contributed by atoms with Crippen molar-refractivity contribution in [2.45, 2.75) is 0 Å². The first-order valence-electron chi connectivity index (χ1n) is 11.2. The van der Waals surface area contributed by atoms with Gasteiger partial charge in [0, 0.05) is 55.3 Å². The second-order valence-corrected chi connectivity index (χ2v) is 9.29. The van der Waals surface area contributed by atoms with E-state index in [1.807, 2.05) is 11.3 Å². The average Bonchev–Trinajstić information content (AvgIpc) is 3.28. The summed E-state index contributed by atoms with van der Waals surface area (Å²) >= 11 is 1.88. The molecule has 5 aromatic carbocycles. The van der Waals surface area contributed by atoms with Gasteiger partial charge in [0.25, 0.3) is 0 Å². The molecule has 1 nitrogen and oxygen atoms in total. The summed E-state index contributed by atoms with van der Waals surface area (Å²) in [4.78, 5) is 2.32. The van der Waals surface area contributed by atoms with Crippen LogP contribution in [0.3, 0.4) is 0 Å². The molecule has 2 heteroatoms. The van der Waals surface area contributed by atoms with Crippen LogP contribution in [0.1, 0.15) is 0 Å². The summed E-state index contributed by atoms with van der Waals surface area (Å²) in [5.74, 6) is 0. The van der Waals surface area contributed by atoms with Crippen LogP contribution in [0.5, 0.6) is 0 Å². The monoisotopic (exact) mass is 441 g/mol. The zero-order chi connectivity index (χ0) is 22.2. The Morgan fingerprint density at radius 3 is 1.88 bits per heavy atom. The molecule has 0 radical (unpaired) electrons. The van der Waals surface area contributed by atoms with Gasteiger partial charge in [-0.1, -0.05) is 103 Å². The average molecular weight is 442 g/mol. The van der Waals surface area contributed by atoms with Crippen LogP contribution in [0, 0.1) is 0 Å². The number of anilines is 2. The lowest BCUT2D eigenvalue weighted by Crippen LogP contribution is -2.11. The minimum absolute atomic E-state index is 1.19. The van der Waals surface area contributed by atoms with Gasteiger partial charge >= 0.3 is 0 Å². The van der Waals surface area contributed by atoms with Crippen molar-refractivity contribution in [2.75, 3.05) is 11.9 Å². The molecule has 33 heavy (non-hydrogen) atoms. The number of rotatable bonds is 4. The number of para-hydroxylation sites is 2. The van der Waals surface area contributed by atoms with Gasteiger partial charge in [-0.3, -0.25) is 0 Å². The highest BCUT2D eigenvalue weighted by Gasteiger charge is 2.17. The first-order chi connectivity index (χ1) is 16.3. The van der Waals surface area contributed by atoms with Gasteiger partial charge in [-0.15, -0.1) is 11.3 Å². The van der Waals surface area contributed by atoms with E-state index in [1.54, 1.807) is 0 Å². The highest BCUT2D eigenvalue weighted by atomic mass is 32.1. The molecule has 0 unspecified atom stereocenters. The van der Waals surface area contributed by atoms with E-state index in [0.29, 0.717) is 0 Å². The van der Waals surface area contributed by atoms with Crippen molar-refractivity contribution >= 4 is 42.9 Å². The van der Waals surface area contributed by atoms with Gasteiger partial charge in [0.15, 0.2) is 0 Å². The number of benzene rings is 5. The minimum Gasteiger partial charge on any atom is -0.344 e. The van der Waals surface area contributed by atoms with Crippen LogP contribution in [-0.2, 0) is 0 Å². The lowest BCUT2D eigenvalue weighted by atomic mass is 9.99. The summed E-state index contributed by atoms with van der Waals surface area (Å²) < 4.78 is 2.68. The molecule has 0 fully saturated rings. The summed E-state index contributed by atoms with van der Waals surface area (Å²) in [6.45, 7) is 0. The third-order valence-corrected chi connectivity index (χ3v) is 7.53. The van der Waals surface area contributed by atoms with Crippen LogP contribution in [0.4, 0.5) is 11.4 Å². The Balaban J connectivity index is 1.54. The van der Waals surface area contributed by atoms with E-state index in [0.717, 1.165) is 0 Å². The second kappa shape index (κ2) is 8.23. The molecule has 0 saturated carbocycles. The second-order valence-electron chi connectivity index (χ2n) is 8.24. The fraction of sp³-hybridized carbons (Fsp3) is 0.0323. The van der Waals surface area contributed by atoms with Crippen LogP contribution in [0.15, 0.2) is 121 Å². The first kappa shape index (κ1) is 19.8. The van der Waals surface area contributed by atoms with Crippen molar-refractivity contribution in [3.63, 3.8) is 0 Å². The van der Waals surface area contributed by atoms with Gasteiger partial charge < -0.3 is 4.90 Å². The van der Waals surface area contributed by atoms with Gasteiger partial charge in [-0.2, -0.15) is 0 Å². The third-order valence-electron chi connectivity index (χ3n) is 6.31. The van der Waals surface area contributed by atoms with Crippen molar-refractivity contribution in [3.8, 4) is 22.3 Å². The molecule has 6 aromatic rings. The molecule has 1 heterocycles. The van der Waals surface area contributed by atoms with E-state index in [2.05, 4.69) is 133 Å². The van der Waals surface area contributed by atoms with Crippen molar-refractivity contribution in [3.05, 3.63) is 121 Å². The Bertz CT molecular complexity index is 1580. The van der Waals surface area contributed by atoms with Gasteiger partial charge in [-0.05, 0) is 23.8 Å². The smallest absolute Gasteiger partial charge is 0.0488 e. The molecular formula is C31H23NS. The normalized spacial score (nSPS) is 11.2. The standard InChI is InChI=1S/C31H23NS/c1-32(28-19-8-5-14-23(28)22-12-3-2-4-13-22)29-20-9-6-15-24(29)26-17-11-18-27-25-16-7-10-21-30(25)33-31(26)27/h2-21H,1H3. The quantitative estimate of drug-likeness (QED) is 0.263. The first-order valence-corrected chi connectivity index (χ1v) is 12.0. The summed E-state index contributed by atoms with van der Waals surface area (Å²) in [5.41, 5.74) is 7.39. The largest absolute Gasteiger partial charge is 0.344 e. The van der Waals surface area contributed by atoms with Crippen LogP contribution in [0.25, 0.3) is 42.4 Å². The van der Waals surface area contributed by atoms with Crippen LogP contribution in [0.2, 0.25) is 0 Å². The summed E-state index contributed by atoms with van der Waals surface area (Å²) in [7, 11) is 2.17. The molecule has 0 bridgehead atoms. The van der Waals surface area contributed by atoms with Crippen LogP contribution in [-0.4, -0.2) is 7.05 Å². The molecular weight excluding hydrogens is 418 g/mol. The molecule has 0 aliphatic rings. The predicted molar refractivity (Wildman–Crippen MR) is 145 cm³/mol. The zero-order valence-corrected chi connectivity index (χ0v) is 19.2. The van der Waals surface area contributed by atoms with Gasteiger partial charge in [-0.25, -0.2) is 0 Å². The molecule has 0 N–H and O–H groups in total. The van der Waals surface area contributed by atoms with E-state index in [-0.39, 0.29) is 0 Å². The fourth-order valence-electron chi connectivity index (χ4n) is 4.71. The van der Waals surface area contributed by atoms with Crippen molar-refractivity contribution < 1.29 is 0 Å². The number of thiophene rings is 1. The zero-order valence-electron chi connectivity index (χ0n) is 18.4. The fourth-order valence-corrected chi connectivity index (χ4v) is 5.94. The molecule has 0 aliphatic carbocycles. The molecule has 0 atom stereocenters. The maximum atomic E-state index is 2.32. The van der Waals surface area contributed by atoms with Gasteiger partial charge in [0.2, 0.25) is 0 Å².